The number of carbonyl (C=O) groups excluding carboxylic acids is 1. The van der Waals surface area contributed by atoms with Gasteiger partial charge < -0.3 is 0 Å². The van der Waals surface area contributed by atoms with Gasteiger partial charge in [-0.15, -0.1) is 0 Å². The zero-order valence-corrected chi connectivity index (χ0v) is 13.1. The molecule has 0 radical (unpaired) electrons. The summed E-state index contributed by atoms with van der Waals surface area (Å²) < 4.78 is 0. The molecule has 1 saturated carbocycles. The van der Waals surface area contributed by atoms with Crippen LogP contribution in [0.1, 0.15) is 61.3 Å². The van der Waals surface area contributed by atoms with Crippen LogP contribution in [0.2, 0.25) is 0 Å². The fourth-order valence-corrected chi connectivity index (χ4v) is 4.31. The third-order valence-corrected chi connectivity index (χ3v) is 6.86. The van der Waals surface area contributed by atoms with Crippen molar-refractivity contribution in [2.45, 2.75) is 61.3 Å². The van der Waals surface area contributed by atoms with Gasteiger partial charge in [-0.05, 0) is 49.4 Å². The highest BCUT2D eigenvalue weighted by Crippen LogP contribution is 2.71. The molecule has 2 rings (SSSR count). The predicted molar refractivity (Wildman–Crippen MR) is 76.3 cm³/mol. The highest BCUT2D eigenvalue weighted by molar-refractivity contribution is 5.86. The molecule has 0 aromatic carbocycles. The van der Waals surface area contributed by atoms with E-state index in [4.69, 9.17) is 0 Å². The normalized spacial score (nSPS) is 43.5. The van der Waals surface area contributed by atoms with Crippen molar-refractivity contribution in [1.82, 2.24) is 0 Å². The summed E-state index contributed by atoms with van der Waals surface area (Å²) >= 11 is 0. The van der Waals surface area contributed by atoms with Crippen LogP contribution < -0.4 is 0 Å². The van der Waals surface area contributed by atoms with Gasteiger partial charge in [-0.2, -0.15) is 0 Å². The molecular formula is C17H28O. The second kappa shape index (κ2) is 3.71. The van der Waals surface area contributed by atoms with Crippen molar-refractivity contribution in [3.05, 3.63) is 11.6 Å². The molecule has 18 heavy (non-hydrogen) atoms. The Morgan fingerprint density at radius 1 is 1.33 bits per heavy atom. The number of allylic oxidation sites excluding steroid dienone is 2. The summed E-state index contributed by atoms with van der Waals surface area (Å²) in [5.74, 6) is 1.66. The molecule has 0 aromatic rings. The number of rotatable bonds is 3. The minimum atomic E-state index is -0.0704. The van der Waals surface area contributed by atoms with Crippen LogP contribution in [-0.4, -0.2) is 5.78 Å². The number of hydrogen-bond acceptors (Lipinski definition) is 1. The van der Waals surface area contributed by atoms with E-state index < -0.39 is 0 Å². The molecule has 1 heteroatoms. The van der Waals surface area contributed by atoms with Crippen LogP contribution in [0.25, 0.3) is 0 Å². The number of hydrogen-bond donors (Lipinski definition) is 0. The summed E-state index contributed by atoms with van der Waals surface area (Å²) in [4.78, 5) is 11.9. The van der Waals surface area contributed by atoms with E-state index in [1.165, 1.54) is 12.0 Å². The SMILES string of the molecule is CC(=O)C1(C)CC1(C)C(C)C1CC=C(C)C1(C)C. The molecule has 0 spiro atoms. The van der Waals surface area contributed by atoms with Crippen LogP contribution in [0.3, 0.4) is 0 Å². The lowest BCUT2D eigenvalue weighted by atomic mass is 9.65. The first-order valence-electron chi connectivity index (χ1n) is 7.25. The molecule has 0 amide bonds. The third-order valence-electron chi connectivity index (χ3n) is 6.86. The van der Waals surface area contributed by atoms with Gasteiger partial charge >= 0.3 is 0 Å². The first-order chi connectivity index (χ1) is 8.07. The van der Waals surface area contributed by atoms with Crippen LogP contribution in [0.4, 0.5) is 0 Å². The van der Waals surface area contributed by atoms with E-state index in [9.17, 15) is 4.79 Å². The van der Waals surface area contributed by atoms with Crippen molar-refractivity contribution in [2.75, 3.05) is 0 Å². The van der Waals surface area contributed by atoms with E-state index in [0.29, 0.717) is 23.0 Å². The van der Waals surface area contributed by atoms with E-state index in [-0.39, 0.29) is 10.8 Å². The molecule has 0 saturated heterocycles. The summed E-state index contributed by atoms with van der Waals surface area (Å²) in [5, 5.41) is 0. The highest BCUT2D eigenvalue weighted by Gasteiger charge is 2.67. The average Bonchev–Trinajstić information content (AvgIpc) is 2.73. The quantitative estimate of drug-likeness (QED) is 0.666. The maximum absolute atomic E-state index is 11.9. The summed E-state index contributed by atoms with van der Waals surface area (Å²) in [6, 6.07) is 0. The van der Waals surface area contributed by atoms with Crippen LogP contribution in [0, 0.1) is 28.1 Å². The lowest BCUT2D eigenvalue weighted by Crippen LogP contribution is -2.33. The van der Waals surface area contributed by atoms with E-state index in [1.54, 1.807) is 6.92 Å². The molecule has 1 nitrogen and oxygen atoms in total. The fourth-order valence-electron chi connectivity index (χ4n) is 4.31. The minimum absolute atomic E-state index is 0.0704. The zero-order chi connectivity index (χ0) is 13.9. The van der Waals surface area contributed by atoms with Crippen molar-refractivity contribution in [3.8, 4) is 0 Å². The van der Waals surface area contributed by atoms with Gasteiger partial charge in [0.1, 0.15) is 5.78 Å². The average molecular weight is 248 g/mol. The Balaban J connectivity index is 2.21. The molecule has 102 valence electrons. The zero-order valence-electron chi connectivity index (χ0n) is 13.1. The van der Waals surface area contributed by atoms with Crippen molar-refractivity contribution in [1.29, 1.82) is 0 Å². The van der Waals surface area contributed by atoms with Crippen LogP contribution in [0.15, 0.2) is 11.6 Å². The topological polar surface area (TPSA) is 17.1 Å². The summed E-state index contributed by atoms with van der Waals surface area (Å²) in [7, 11) is 0. The Morgan fingerprint density at radius 3 is 2.22 bits per heavy atom. The van der Waals surface area contributed by atoms with Crippen molar-refractivity contribution in [2.24, 2.45) is 28.1 Å². The summed E-state index contributed by atoms with van der Waals surface area (Å²) in [5.41, 5.74) is 1.95. The van der Waals surface area contributed by atoms with Crippen molar-refractivity contribution >= 4 is 5.78 Å². The number of ketones is 1. The van der Waals surface area contributed by atoms with Gasteiger partial charge in [0, 0.05) is 5.41 Å². The van der Waals surface area contributed by atoms with Crippen LogP contribution in [0.5, 0.6) is 0 Å². The van der Waals surface area contributed by atoms with Gasteiger partial charge in [0.15, 0.2) is 0 Å². The van der Waals surface area contributed by atoms with Gasteiger partial charge in [-0.3, -0.25) is 4.79 Å². The second-order valence-corrected chi connectivity index (χ2v) is 7.72. The molecule has 2 aliphatic rings. The molecular weight excluding hydrogens is 220 g/mol. The van der Waals surface area contributed by atoms with Crippen LogP contribution >= 0.6 is 0 Å². The van der Waals surface area contributed by atoms with Gasteiger partial charge in [0.2, 0.25) is 0 Å². The Bertz CT molecular complexity index is 417. The molecule has 0 aromatic heterocycles. The molecule has 4 unspecified atom stereocenters. The first kappa shape index (κ1) is 13.8. The van der Waals surface area contributed by atoms with Gasteiger partial charge in [0.05, 0.1) is 0 Å². The molecule has 0 heterocycles. The molecule has 0 aliphatic heterocycles. The Kier molecular flexibility index (Phi) is 2.85. The number of carbonyl (C=O) groups is 1. The predicted octanol–water partition coefficient (Wildman–Crippen LogP) is 4.62. The van der Waals surface area contributed by atoms with E-state index in [0.717, 1.165) is 6.42 Å². The lowest BCUT2D eigenvalue weighted by molar-refractivity contribution is -0.123. The summed E-state index contributed by atoms with van der Waals surface area (Å²) in [6.07, 6.45) is 4.66. The van der Waals surface area contributed by atoms with Gasteiger partial charge in [-0.1, -0.05) is 46.3 Å². The molecule has 2 aliphatic carbocycles. The van der Waals surface area contributed by atoms with E-state index in [2.05, 4.69) is 47.6 Å². The monoisotopic (exact) mass is 248 g/mol. The Morgan fingerprint density at radius 2 is 1.89 bits per heavy atom. The van der Waals surface area contributed by atoms with Gasteiger partial charge in [-0.25, -0.2) is 0 Å². The molecule has 0 bridgehead atoms. The number of Topliss-reactive ketones (excluding diaryl/α,β-unsaturated/α-hetero) is 1. The smallest absolute Gasteiger partial charge is 0.136 e. The van der Waals surface area contributed by atoms with E-state index >= 15 is 0 Å². The van der Waals surface area contributed by atoms with Crippen molar-refractivity contribution < 1.29 is 4.79 Å². The van der Waals surface area contributed by atoms with Crippen molar-refractivity contribution in [3.63, 3.8) is 0 Å². The standard InChI is InChI=1S/C17H28O/c1-11-8-9-14(15(11,4)5)12(2)16(6)10-17(16,7)13(3)18/h8,12,14H,9-10H2,1-7H3. The highest BCUT2D eigenvalue weighted by atomic mass is 16.1. The molecule has 0 N–H and O–H groups in total. The largest absolute Gasteiger partial charge is 0.299 e. The lowest BCUT2D eigenvalue weighted by Gasteiger charge is -2.39. The second-order valence-electron chi connectivity index (χ2n) is 7.72. The summed E-state index contributed by atoms with van der Waals surface area (Å²) in [6.45, 7) is 15.6. The minimum Gasteiger partial charge on any atom is -0.299 e. The fraction of sp³-hybridized carbons (Fsp3) is 0.824. The Hall–Kier alpha value is -0.590. The maximum Gasteiger partial charge on any atom is 0.136 e. The van der Waals surface area contributed by atoms with E-state index in [1.807, 2.05) is 0 Å². The third kappa shape index (κ3) is 1.55. The first-order valence-corrected chi connectivity index (χ1v) is 7.25. The Labute approximate surface area is 112 Å². The molecule has 4 atom stereocenters. The maximum atomic E-state index is 11.9. The van der Waals surface area contributed by atoms with Crippen LogP contribution in [-0.2, 0) is 4.79 Å². The molecule has 1 fully saturated rings. The van der Waals surface area contributed by atoms with Gasteiger partial charge in [0.25, 0.3) is 0 Å².